The van der Waals surface area contributed by atoms with E-state index >= 15 is 0 Å². The SMILES string of the molecule is CCOC1(C(N)Cc2ncnn2CC(C)C)CCCC1. The summed E-state index contributed by atoms with van der Waals surface area (Å²) < 4.78 is 8.02. The predicted octanol–water partition coefficient (Wildman–Crippen LogP) is 2.15. The van der Waals surface area contributed by atoms with Gasteiger partial charge in [-0.2, -0.15) is 5.10 Å². The third kappa shape index (κ3) is 3.38. The molecule has 1 aliphatic rings. The highest BCUT2D eigenvalue weighted by Crippen LogP contribution is 2.36. The summed E-state index contributed by atoms with van der Waals surface area (Å²) in [5.74, 6) is 1.54. The van der Waals surface area contributed by atoms with Crippen LogP contribution >= 0.6 is 0 Å². The molecule has 0 aromatic carbocycles. The lowest BCUT2D eigenvalue weighted by Gasteiger charge is -2.35. The largest absolute Gasteiger partial charge is 0.374 e. The number of nitrogens with zero attached hydrogens (tertiary/aromatic N) is 3. The molecule has 1 aromatic heterocycles. The van der Waals surface area contributed by atoms with E-state index in [0.29, 0.717) is 5.92 Å². The Bertz CT molecular complexity index is 410. The molecule has 0 bridgehead atoms. The normalized spacial score (nSPS) is 19.6. The molecule has 0 saturated heterocycles. The smallest absolute Gasteiger partial charge is 0.138 e. The highest BCUT2D eigenvalue weighted by molar-refractivity contribution is 5.01. The van der Waals surface area contributed by atoms with Gasteiger partial charge in [0.1, 0.15) is 12.2 Å². The summed E-state index contributed by atoms with van der Waals surface area (Å²) in [5.41, 5.74) is 6.34. The molecule has 1 saturated carbocycles. The van der Waals surface area contributed by atoms with Crippen LogP contribution in [0.3, 0.4) is 0 Å². The van der Waals surface area contributed by atoms with Gasteiger partial charge >= 0.3 is 0 Å². The van der Waals surface area contributed by atoms with E-state index in [9.17, 15) is 0 Å². The molecule has 2 rings (SSSR count). The number of rotatable bonds is 7. The number of aromatic nitrogens is 3. The van der Waals surface area contributed by atoms with Crippen molar-refractivity contribution >= 4 is 0 Å². The summed E-state index contributed by atoms with van der Waals surface area (Å²) in [6.07, 6.45) is 6.94. The first-order chi connectivity index (χ1) is 9.57. The van der Waals surface area contributed by atoms with Gasteiger partial charge in [0.25, 0.3) is 0 Å². The van der Waals surface area contributed by atoms with Gasteiger partial charge in [-0.3, -0.25) is 0 Å². The fraction of sp³-hybridized carbons (Fsp3) is 0.867. The summed E-state index contributed by atoms with van der Waals surface area (Å²) in [5, 5.41) is 4.31. The molecule has 1 heterocycles. The van der Waals surface area contributed by atoms with Crippen LogP contribution in [0.1, 0.15) is 52.3 Å². The van der Waals surface area contributed by atoms with Crippen LogP contribution in [0.4, 0.5) is 0 Å². The first-order valence-corrected chi connectivity index (χ1v) is 7.83. The Morgan fingerprint density at radius 1 is 1.40 bits per heavy atom. The Kier molecular flexibility index (Phi) is 5.16. The second-order valence-corrected chi connectivity index (χ2v) is 6.27. The molecule has 1 aliphatic carbocycles. The molecule has 1 atom stereocenters. The third-order valence-corrected chi connectivity index (χ3v) is 4.19. The van der Waals surface area contributed by atoms with Crippen molar-refractivity contribution in [3.8, 4) is 0 Å². The Balaban J connectivity index is 2.06. The summed E-state index contributed by atoms with van der Waals surface area (Å²) in [6.45, 7) is 8.04. The van der Waals surface area contributed by atoms with Crippen LogP contribution in [0.25, 0.3) is 0 Å². The predicted molar refractivity (Wildman–Crippen MR) is 79.4 cm³/mol. The van der Waals surface area contributed by atoms with Crippen LogP contribution in [0, 0.1) is 5.92 Å². The Morgan fingerprint density at radius 3 is 2.70 bits per heavy atom. The highest BCUT2D eigenvalue weighted by Gasteiger charge is 2.40. The van der Waals surface area contributed by atoms with E-state index < -0.39 is 0 Å². The zero-order chi connectivity index (χ0) is 14.6. The highest BCUT2D eigenvalue weighted by atomic mass is 16.5. The maximum absolute atomic E-state index is 6.48. The molecule has 0 radical (unpaired) electrons. The molecule has 2 N–H and O–H groups in total. The van der Waals surface area contributed by atoms with E-state index in [4.69, 9.17) is 10.5 Å². The first kappa shape index (κ1) is 15.4. The summed E-state index contributed by atoms with van der Waals surface area (Å²) >= 11 is 0. The van der Waals surface area contributed by atoms with Gasteiger partial charge in [0, 0.05) is 25.6 Å². The molecule has 1 unspecified atom stereocenters. The minimum atomic E-state index is -0.149. The van der Waals surface area contributed by atoms with Gasteiger partial charge in [-0.25, -0.2) is 9.67 Å². The van der Waals surface area contributed by atoms with Crippen LogP contribution < -0.4 is 5.73 Å². The van der Waals surface area contributed by atoms with Crippen molar-refractivity contribution < 1.29 is 4.74 Å². The Morgan fingerprint density at radius 2 is 2.10 bits per heavy atom. The minimum absolute atomic E-state index is 0.0000576. The fourth-order valence-electron chi connectivity index (χ4n) is 3.21. The van der Waals surface area contributed by atoms with Crippen molar-refractivity contribution in [2.75, 3.05) is 6.61 Å². The molecule has 114 valence electrons. The monoisotopic (exact) mass is 280 g/mol. The molecule has 1 fully saturated rings. The van der Waals surface area contributed by atoms with Gasteiger partial charge in [0.05, 0.1) is 5.60 Å². The molecule has 0 amide bonds. The van der Waals surface area contributed by atoms with E-state index in [-0.39, 0.29) is 11.6 Å². The van der Waals surface area contributed by atoms with Crippen molar-refractivity contribution in [1.29, 1.82) is 0 Å². The van der Waals surface area contributed by atoms with Gasteiger partial charge in [-0.15, -0.1) is 0 Å². The molecule has 0 aliphatic heterocycles. The topological polar surface area (TPSA) is 66.0 Å². The van der Waals surface area contributed by atoms with E-state index in [2.05, 4.69) is 23.9 Å². The lowest BCUT2D eigenvalue weighted by atomic mass is 9.90. The minimum Gasteiger partial charge on any atom is -0.374 e. The van der Waals surface area contributed by atoms with Crippen LogP contribution in [-0.4, -0.2) is 33.0 Å². The van der Waals surface area contributed by atoms with E-state index in [1.165, 1.54) is 12.8 Å². The summed E-state index contributed by atoms with van der Waals surface area (Å²) in [4.78, 5) is 4.39. The van der Waals surface area contributed by atoms with Crippen LogP contribution in [0.15, 0.2) is 6.33 Å². The maximum Gasteiger partial charge on any atom is 0.138 e. The molecular formula is C15H28N4O. The average Bonchev–Trinajstić information content (AvgIpc) is 3.00. The fourth-order valence-corrected chi connectivity index (χ4v) is 3.21. The number of hydrogen-bond acceptors (Lipinski definition) is 4. The van der Waals surface area contributed by atoms with Crippen molar-refractivity contribution in [3.63, 3.8) is 0 Å². The van der Waals surface area contributed by atoms with Crippen LogP contribution in [0.2, 0.25) is 0 Å². The number of nitrogens with two attached hydrogens (primary N) is 1. The molecule has 5 heteroatoms. The maximum atomic E-state index is 6.48. The van der Waals surface area contributed by atoms with E-state index in [1.54, 1.807) is 6.33 Å². The van der Waals surface area contributed by atoms with Crippen LogP contribution in [-0.2, 0) is 17.7 Å². The van der Waals surface area contributed by atoms with Gasteiger partial charge in [0.15, 0.2) is 0 Å². The van der Waals surface area contributed by atoms with Crippen molar-refractivity contribution in [1.82, 2.24) is 14.8 Å². The molecule has 20 heavy (non-hydrogen) atoms. The van der Waals surface area contributed by atoms with E-state index in [1.807, 2.05) is 11.6 Å². The Labute approximate surface area is 121 Å². The second kappa shape index (κ2) is 6.68. The first-order valence-electron chi connectivity index (χ1n) is 7.83. The van der Waals surface area contributed by atoms with Gasteiger partial charge < -0.3 is 10.5 Å². The third-order valence-electron chi connectivity index (χ3n) is 4.19. The second-order valence-electron chi connectivity index (χ2n) is 6.27. The number of ether oxygens (including phenoxy) is 1. The van der Waals surface area contributed by atoms with Gasteiger partial charge in [-0.1, -0.05) is 26.7 Å². The van der Waals surface area contributed by atoms with E-state index in [0.717, 1.165) is 38.2 Å². The zero-order valence-electron chi connectivity index (χ0n) is 13.0. The lowest BCUT2D eigenvalue weighted by Crippen LogP contribution is -2.49. The van der Waals surface area contributed by atoms with Gasteiger partial charge in [0.2, 0.25) is 0 Å². The quantitative estimate of drug-likeness (QED) is 0.831. The molecule has 0 spiro atoms. The summed E-state index contributed by atoms with van der Waals surface area (Å²) in [7, 11) is 0. The summed E-state index contributed by atoms with van der Waals surface area (Å²) in [6, 6.07) is 0.0000576. The molecular weight excluding hydrogens is 252 g/mol. The van der Waals surface area contributed by atoms with Crippen molar-refractivity contribution in [2.45, 2.75) is 71.1 Å². The average molecular weight is 280 g/mol. The van der Waals surface area contributed by atoms with Crippen LogP contribution in [0.5, 0.6) is 0 Å². The zero-order valence-corrected chi connectivity index (χ0v) is 13.0. The van der Waals surface area contributed by atoms with Crippen molar-refractivity contribution in [3.05, 3.63) is 12.2 Å². The van der Waals surface area contributed by atoms with Gasteiger partial charge in [-0.05, 0) is 25.7 Å². The van der Waals surface area contributed by atoms with Crippen molar-refractivity contribution in [2.24, 2.45) is 11.7 Å². The Hall–Kier alpha value is -0.940. The molecule has 1 aromatic rings. The molecule has 5 nitrogen and oxygen atoms in total. The lowest BCUT2D eigenvalue weighted by molar-refractivity contribution is -0.0530. The number of hydrogen-bond donors (Lipinski definition) is 1. The standard InChI is InChI=1S/C15H28N4O/c1-4-20-15(7-5-6-8-15)13(16)9-14-17-11-18-19(14)10-12(2)3/h11-13H,4-10,16H2,1-3H3.